The number of rotatable bonds is 14. The van der Waals surface area contributed by atoms with Crippen LogP contribution in [0.25, 0.3) is 43.2 Å². The van der Waals surface area contributed by atoms with Gasteiger partial charge in [0.15, 0.2) is 11.6 Å². The number of hydrogen-bond acceptors (Lipinski definition) is 12. The topological polar surface area (TPSA) is 139 Å². The zero-order chi connectivity index (χ0) is 42.2. The van der Waals surface area contributed by atoms with Crippen LogP contribution < -0.4 is 10.6 Å². The number of nitrogens with one attached hydrogen (secondary N) is 2. The quantitative estimate of drug-likeness (QED) is 0.0903. The molecule has 17 heteroatoms. The number of aliphatic hydroxyl groups excluding tert-OH is 1. The molecule has 10 nitrogen and oxygen atoms in total. The van der Waals surface area contributed by atoms with Crippen LogP contribution in [0, 0.1) is 0 Å². The Balaban J connectivity index is 0.000000183. The molecule has 8 rings (SSSR count). The highest BCUT2D eigenvalue weighted by Crippen LogP contribution is 2.32. The lowest BCUT2D eigenvalue weighted by Gasteiger charge is -2.11. The number of halogens is 4. The van der Waals surface area contributed by atoms with E-state index in [1.54, 1.807) is 40.9 Å². The molecule has 0 fully saturated rings. The first-order valence-corrected chi connectivity index (χ1v) is 23.5. The van der Waals surface area contributed by atoms with E-state index in [0.717, 1.165) is 71.7 Å². The Hall–Kier alpha value is -4.41. The third-order valence-electron chi connectivity index (χ3n) is 9.04. The van der Waals surface area contributed by atoms with Gasteiger partial charge in [-0.2, -0.15) is 8.42 Å². The molecule has 0 spiro atoms. The number of benzene rings is 4. The first kappa shape index (κ1) is 43.7. The maximum Gasteiger partial charge on any atom is 0.264 e. The molecule has 0 atom stereocenters. The van der Waals surface area contributed by atoms with Crippen molar-refractivity contribution in [2.75, 3.05) is 30.1 Å². The van der Waals surface area contributed by atoms with E-state index in [-0.39, 0.29) is 13.2 Å². The summed E-state index contributed by atoms with van der Waals surface area (Å²) in [5.74, 6) is 2.77. The van der Waals surface area contributed by atoms with Crippen molar-refractivity contribution in [3.63, 3.8) is 0 Å². The number of fused-ring (bicyclic) bond motifs is 2. The molecule has 308 valence electrons. The summed E-state index contributed by atoms with van der Waals surface area (Å²) in [4.78, 5) is 18.9. The Morgan fingerprint density at radius 1 is 0.617 bits per heavy atom. The molecular formula is C43H36Cl4N6O4S3. The lowest BCUT2D eigenvalue weighted by Crippen LogP contribution is -2.06. The first-order chi connectivity index (χ1) is 28.9. The number of hydrogen-bond donors (Lipinski definition) is 3. The molecule has 0 unspecified atom stereocenters. The molecule has 4 aromatic carbocycles. The molecule has 3 N–H and O–H groups in total. The van der Waals surface area contributed by atoms with Crippen LogP contribution in [-0.4, -0.2) is 52.9 Å². The summed E-state index contributed by atoms with van der Waals surface area (Å²) in [7, 11) is -3.44. The zero-order valence-corrected chi connectivity index (χ0v) is 37.3. The van der Waals surface area contributed by atoms with Crippen LogP contribution in [0.2, 0.25) is 20.1 Å². The van der Waals surface area contributed by atoms with E-state index in [1.165, 1.54) is 0 Å². The smallest absolute Gasteiger partial charge is 0.264 e. The highest BCUT2D eigenvalue weighted by molar-refractivity contribution is 7.85. The van der Waals surface area contributed by atoms with Crippen LogP contribution >= 0.6 is 69.1 Å². The van der Waals surface area contributed by atoms with E-state index in [2.05, 4.69) is 15.6 Å². The zero-order valence-electron chi connectivity index (χ0n) is 31.8. The van der Waals surface area contributed by atoms with Crippen molar-refractivity contribution in [3.05, 3.63) is 150 Å². The van der Waals surface area contributed by atoms with Gasteiger partial charge >= 0.3 is 0 Å². The molecule has 0 aliphatic heterocycles. The average molecular weight is 939 g/mol. The maximum atomic E-state index is 11.1. The summed E-state index contributed by atoms with van der Waals surface area (Å²) >= 11 is 27.7. The second-order valence-electron chi connectivity index (χ2n) is 13.4. The van der Waals surface area contributed by atoms with E-state index < -0.39 is 10.1 Å². The van der Waals surface area contributed by atoms with Gasteiger partial charge in [-0.15, -0.1) is 22.7 Å². The highest BCUT2D eigenvalue weighted by Gasteiger charge is 2.14. The number of nitrogens with zero attached hydrogens (tertiary/aromatic N) is 4. The lowest BCUT2D eigenvalue weighted by atomic mass is 10.1. The summed E-state index contributed by atoms with van der Waals surface area (Å²) < 4.78 is 29.0. The minimum atomic E-state index is -3.44. The van der Waals surface area contributed by atoms with Gasteiger partial charge in [-0.3, -0.25) is 4.18 Å². The Bertz CT molecular complexity index is 2860. The van der Waals surface area contributed by atoms with Crippen molar-refractivity contribution in [2.45, 2.75) is 25.9 Å². The van der Waals surface area contributed by atoms with Crippen molar-refractivity contribution < 1.29 is 17.7 Å². The number of aromatic nitrogens is 4. The molecule has 4 aromatic heterocycles. The molecule has 0 saturated carbocycles. The van der Waals surface area contributed by atoms with Gasteiger partial charge in [0, 0.05) is 50.9 Å². The molecule has 0 amide bonds. The monoisotopic (exact) mass is 936 g/mol. The number of aliphatic hydroxyl groups is 1. The second kappa shape index (κ2) is 20.0. The molecule has 8 aromatic rings. The minimum Gasteiger partial charge on any atom is -0.396 e. The summed E-state index contributed by atoms with van der Waals surface area (Å²) in [6, 6.07) is 30.5. The molecule has 0 saturated heterocycles. The van der Waals surface area contributed by atoms with Gasteiger partial charge in [0.05, 0.1) is 33.3 Å². The Morgan fingerprint density at radius 2 is 1.07 bits per heavy atom. The largest absolute Gasteiger partial charge is 0.396 e. The molecule has 0 bridgehead atoms. The fourth-order valence-electron chi connectivity index (χ4n) is 5.99. The molecule has 0 aliphatic rings. The van der Waals surface area contributed by atoms with Crippen LogP contribution in [0.5, 0.6) is 0 Å². The van der Waals surface area contributed by atoms with Gasteiger partial charge in [-0.05, 0) is 82.3 Å². The van der Waals surface area contributed by atoms with Crippen molar-refractivity contribution in [1.82, 2.24) is 19.9 Å². The normalized spacial score (nSPS) is 11.4. The molecule has 4 heterocycles. The summed E-state index contributed by atoms with van der Waals surface area (Å²) in [6.45, 7) is 1.28. The molecular weight excluding hydrogens is 903 g/mol. The van der Waals surface area contributed by atoms with Crippen molar-refractivity contribution in [3.8, 4) is 22.8 Å². The first-order valence-electron chi connectivity index (χ1n) is 18.4. The van der Waals surface area contributed by atoms with Gasteiger partial charge in [-0.25, -0.2) is 19.9 Å². The Kier molecular flexibility index (Phi) is 14.5. The maximum absolute atomic E-state index is 11.1. The van der Waals surface area contributed by atoms with Crippen LogP contribution in [0.1, 0.15) is 22.3 Å². The van der Waals surface area contributed by atoms with Gasteiger partial charge in [-0.1, -0.05) is 107 Å². The fraction of sp³-hybridized carbons (Fsp3) is 0.163. The van der Waals surface area contributed by atoms with E-state index >= 15 is 0 Å². The number of anilines is 2. The van der Waals surface area contributed by atoms with E-state index in [4.69, 9.17) is 70.6 Å². The SMILES string of the molecule is CS(=O)(=O)OCCc1ccc(-c2nc(NCc3ccc(Cl)cc3Cl)c3sccc3n2)cc1.OCCc1ccc(-c2nc(NCc3ccc(Cl)cc3Cl)c3sccc3n2)cc1. The van der Waals surface area contributed by atoms with Crippen molar-refractivity contribution >= 4 is 111 Å². The van der Waals surface area contributed by atoms with Crippen LogP contribution in [-0.2, 0) is 40.2 Å². The third-order valence-corrected chi connectivity index (χ3v) is 12.6. The van der Waals surface area contributed by atoms with E-state index in [9.17, 15) is 8.42 Å². The van der Waals surface area contributed by atoms with Crippen LogP contribution in [0.4, 0.5) is 11.6 Å². The Labute approximate surface area is 375 Å². The number of thiophene rings is 2. The minimum absolute atomic E-state index is 0.108. The van der Waals surface area contributed by atoms with Crippen molar-refractivity contribution in [2.24, 2.45) is 0 Å². The molecule has 60 heavy (non-hydrogen) atoms. The van der Waals surface area contributed by atoms with E-state index in [1.807, 2.05) is 89.6 Å². The lowest BCUT2D eigenvalue weighted by molar-refractivity contribution is 0.299. The molecule has 0 aliphatic carbocycles. The molecule has 0 radical (unpaired) electrons. The average Bonchev–Trinajstić information content (AvgIpc) is 3.91. The Morgan fingerprint density at radius 3 is 1.48 bits per heavy atom. The summed E-state index contributed by atoms with van der Waals surface area (Å²) in [5, 5.41) is 22.3. The van der Waals surface area contributed by atoms with Crippen LogP contribution in [0.15, 0.2) is 108 Å². The van der Waals surface area contributed by atoms with Gasteiger partial charge in [0.2, 0.25) is 0 Å². The highest BCUT2D eigenvalue weighted by atomic mass is 35.5. The standard InChI is InChI=1S/C22H19Cl2N3O3S2.C21H17Cl2N3OS/c1-32(28,29)30-10-8-14-2-4-15(5-3-14)21-26-19-9-11-31-20(19)22(27-21)25-13-16-6-7-17(23)12-18(16)24;22-16-6-5-15(17(23)11-16)12-24-21-19-18(8-10-28-19)25-20(26-21)14-3-1-13(2-4-14)7-9-27/h2-7,9,11-12H,8,10,13H2,1H3,(H,25,26,27);1-6,8,10-11,27H,7,9,12H2,(H,24,25,26). The second-order valence-corrected chi connectivity index (χ2v) is 18.5. The summed E-state index contributed by atoms with van der Waals surface area (Å²) in [6.07, 6.45) is 2.17. The predicted molar refractivity (Wildman–Crippen MR) is 249 cm³/mol. The predicted octanol–water partition coefficient (Wildman–Crippen LogP) is 11.6. The summed E-state index contributed by atoms with van der Waals surface area (Å²) in [5.41, 5.74) is 7.46. The van der Waals surface area contributed by atoms with Gasteiger partial charge in [0.1, 0.15) is 11.6 Å². The van der Waals surface area contributed by atoms with Gasteiger partial charge in [0.25, 0.3) is 10.1 Å². The van der Waals surface area contributed by atoms with E-state index in [0.29, 0.717) is 57.7 Å². The van der Waals surface area contributed by atoms with Crippen molar-refractivity contribution in [1.29, 1.82) is 0 Å². The fourth-order valence-corrected chi connectivity index (χ4v) is 8.92. The third kappa shape index (κ3) is 11.5. The van der Waals surface area contributed by atoms with Gasteiger partial charge < -0.3 is 15.7 Å². The van der Waals surface area contributed by atoms with Crippen LogP contribution in [0.3, 0.4) is 0 Å².